The minimum Gasteiger partial charge on any atom is -0.459 e. The van der Waals surface area contributed by atoms with Crippen LogP contribution in [0.15, 0.2) is 69.5 Å². The summed E-state index contributed by atoms with van der Waals surface area (Å²) < 4.78 is 18.1. The Labute approximate surface area is 225 Å². The van der Waals surface area contributed by atoms with Gasteiger partial charge in [0.15, 0.2) is 17.3 Å². The summed E-state index contributed by atoms with van der Waals surface area (Å²) in [5.41, 5.74) is 4.71. The summed E-state index contributed by atoms with van der Waals surface area (Å²) >= 11 is 3.70. The number of fused-ring (bicyclic) bond motifs is 1. The number of halogens is 1. The van der Waals surface area contributed by atoms with Crippen molar-refractivity contribution in [3.8, 4) is 11.5 Å². The minimum atomic E-state index is -0.555. The molecule has 2 aromatic carbocycles. The number of dihydropyridines is 1. The maximum Gasteiger partial charge on any atom is 0.337 e. The van der Waals surface area contributed by atoms with Gasteiger partial charge in [0.25, 0.3) is 0 Å². The van der Waals surface area contributed by atoms with Crippen LogP contribution in [0.1, 0.15) is 74.8 Å². The number of nitrogens with one attached hydrogen (secondary N) is 1. The molecule has 0 unspecified atom stereocenters. The van der Waals surface area contributed by atoms with Crippen molar-refractivity contribution in [1.29, 1.82) is 0 Å². The highest BCUT2D eigenvalue weighted by Gasteiger charge is 2.43. The number of esters is 1. The van der Waals surface area contributed by atoms with Gasteiger partial charge < -0.3 is 19.5 Å². The van der Waals surface area contributed by atoms with E-state index in [9.17, 15) is 9.59 Å². The van der Waals surface area contributed by atoms with Crippen molar-refractivity contribution >= 4 is 27.7 Å². The largest absolute Gasteiger partial charge is 0.459 e. The first-order valence-electron chi connectivity index (χ1n) is 13.1. The Morgan fingerprint density at radius 3 is 2.51 bits per heavy atom. The van der Waals surface area contributed by atoms with E-state index in [2.05, 4.69) is 33.4 Å². The average Bonchev–Trinajstić information content (AvgIpc) is 3.35. The van der Waals surface area contributed by atoms with Crippen molar-refractivity contribution in [2.24, 2.45) is 0 Å². The molecule has 2 atom stereocenters. The van der Waals surface area contributed by atoms with Gasteiger partial charge in [-0.2, -0.15) is 0 Å². The molecule has 1 saturated carbocycles. The van der Waals surface area contributed by atoms with Gasteiger partial charge >= 0.3 is 5.97 Å². The molecule has 0 aromatic heterocycles. The van der Waals surface area contributed by atoms with Crippen LogP contribution in [-0.2, 0) is 14.3 Å². The fraction of sp³-hybridized carbons (Fsp3) is 0.400. The highest BCUT2D eigenvalue weighted by atomic mass is 79.9. The molecule has 6 nitrogen and oxygen atoms in total. The van der Waals surface area contributed by atoms with Gasteiger partial charge in [-0.1, -0.05) is 52.7 Å². The van der Waals surface area contributed by atoms with Gasteiger partial charge in [-0.3, -0.25) is 4.79 Å². The monoisotopic (exact) mass is 563 g/mol. The van der Waals surface area contributed by atoms with Gasteiger partial charge in [0.2, 0.25) is 6.79 Å². The topological polar surface area (TPSA) is 73.9 Å². The third-order valence-electron chi connectivity index (χ3n) is 7.95. The summed E-state index contributed by atoms with van der Waals surface area (Å²) in [5.74, 6) is 0.486. The van der Waals surface area contributed by atoms with Crippen molar-refractivity contribution in [2.45, 2.75) is 69.8 Å². The number of carbonyl (C=O) groups is 2. The summed E-state index contributed by atoms with van der Waals surface area (Å²) in [5, 5.41) is 3.45. The highest BCUT2D eigenvalue weighted by Crippen LogP contribution is 2.49. The van der Waals surface area contributed by atoms with Crippen molar-refractivity contribution in [1.82, 2.24) is 5.32 Å². The van der Waals surface area contributed by atoms with Crippen LogP contribution in [-0.4, -0.2) is 24.6 Å². The molecule has 2 aromatic rings. The predicted molar refractivity (Wildman–Crippen MR) is 142 cm³/mol. The maximum absolute atomic E-state index is 13.9. The maximum atomic E-state index is 13.9. The molecule has 2 heterocycles. The summed E-state index contributed by atoms with van der Waals surface area (Å²) in [6, 6.07) is 13.9. The van der Waals surface area contributed by atoms with Gasteiger partial charge in [0, 0.05) is 33.8 Å². The number of ether oxygens (including phenoxy) is 3. The van der Waals surface area contributed by atoms with Gasteiger partial charge in [0.1, 0.15) is 6.10 Å². The first-order chi connectivity index (χ1) is 18.0. The van der Waals surface area contributed by atoms with Crippen molar-refractivity contribution in [2.75, 3.05) is 6.79 Å². The zero-order chi connectivity index (χ0) is 25.5. The van der Waals surface area contributed by atoms with E-state index in [1.165, 1.54) is 6.42 Å². The molecule has 6 rings (SSSR count). The van der Waals surface area contributed by atoms with E-state index in [0.717, 1.165) is 52.7 Å². The number of Topliss-reactive ketones (excluding diaryl/α,β-unsaturated/α-hetero) is 1. The third-order valence-corrected chi connectivity index (χ3v) is 8.63. The van der Waals surface area contributed by atoms with Crippen molar-refractivity contribution in [3.05, 3.63) is 80.6 Å². The molecule has 1 N–H and O–H groups in total. The molecule has 1 fully saturated rings. The zero-order valence-electron chi connectivity index (χ0n) is 20.8. The molecule has 0 amide bonds. The van der Waals surface area contributed by atoms with Crippen LogP contribution < -0.4 is 14.8 Å². The Morgan fingerprint density at radius 2 is 1.76 bits per heavy atom. The smallest absolute Gasteiger partial charge is 0.337 e. The van der Waals surface area contributed by atoms with E-state index in [4.69, 9.17) is 14.2 Å². The lowest BCUT2D eigenvalue weighted by molar-refractivity contribution is -0.146. The SMILES string of the molecule is CC1=C(C(=O)OC2CCCCC2)[C@H](c2cc3c(cc2Br)OCO3)C2=C(C[C@H](c3ccccc3)CC2=O)N1. The Hall–Kier alpha value is -3.06. The number of ketones is 1. The molecule has 2 aliphatic heterocycles. The molecule has 0 bridgehead atoms. The first kappa shape index (κ1) is 24.3. The lowest BCUT2D eigenvalue weighted by atomic mass is 9.71. The molecular formula is C30H30BrNO5. The number of carbonyl (C=O) groups excluding carboxylic acids is 2. The van der Waals surface area contributed by atoms with E-state index in [0.29, 0.717) is 35.5 Å². The second-order valence-corrected chi connectivity index (χ2v) is 11.2. The van der Waals surface area contributed by atoms with E-state index in [-0.39, 0.29) is 30.6 Å². The van der Waals surface area contributed by atoms with Crippen molar-refractivity contribution in [3.63, 3.8) is 0 Å². The molecule has 37 heavy (non-hydrogen) atoms. The van der Waals surface area contributed by atoms with Crippen LogP contribution in [0.3, 0.4) is 0 Å². The van der Waals surface area contributed by atoms with Crippen LogP contribution in [0, 0.1) is 0 Å². The predicted octanol–water partition coefficient (Wildman–Crippen LogP) is 6.42. The van der Waals surface area contributed by atoms with E-state index < -0.39 is 5.92 Å². The number of benzene rings is 2. The highest BCUT2D eigenvalue weighted by molar-refractivity contribution is 9.10. The molecule has 0 saturated heterocycles. The minimum absolute atomic E-state index is 0.0487. The van der Waals surface area contributed by atoms with Crippen LogP contribution in [0.5, 0.6) is 11.5 Å². The first-order valence-corrected chi connectivity index (χ1v) is 13.9. The van der Waals surface area contributed by atoms with Gasteiger partial charge in [-0.05, 0) is 68.2 Å². The average molecular weight is 564 g/mol. The lowest BCUT2D eigenvalue weighted by Gasteiger charge is -2.37. The number of hydrogen-bond acceptors (Lipinski definition) is 6. The van der Waals surface area contributed by atoms with Crippen molar-refractivity contribution < 1.29 is 23.8 Å². The molecular weight excluding hydrogens is 534 g/mol. The Bertz CT molecular complexity index is 1310. The van der Waals surface area contributed by atoms with Gasteiger partial charge in [0.05, 0.1) is 5.57 Å². The lowest BCUT2D eigenvalue weighted by Crippen LogP contribution is -2.37. The van der Waals surface area contributed by atoms with Crippen LogP contribution in [0.25, 0.3) is 0 Å². The number of hydrogen-bond donors (Lipinski definition) is 1. The molecule has 0 spiro atoms. The third kappa shape index (κ3) is 4.58. The van der Waals surface area contributed by atoms with E-state index >= 15 is 0 Å². The standard InChI is InChI=1S/C30H30BrNO5/c1-17-27(30(34)37-20-10-6-3-7-11-20)28(21-14-25-26(15-22(21)31)36-16-35-25)29-23(32-17)12-19(13-24(29)33)18-8-4-2-5-9-18/h2,4-5,8-9,14-15,19-20,28,32H,3,6-7,10-13,16H2,1H3/t19-,28-/m0/s1. The molecule has 2 aliphatic carbocycles. The Balaban J connectivity index is 1.42. The summed E-state index contributed by atoms with van der Waals surface area (Å²) in [7, 11) is 0. The van der Waals surface area contributed by atoms with E-state index in [1.807, 2.05) is 37.3 Å². The molecule has 192 valence electrons. The van der Waals surface area contributed by atoms with E-state index in [1.54, 1.807) is 0 Å². The summed E-state index contributed by atoms with van der Waals surface area (Å²) in [6.07, 6.45) is 6.10. The Morgan fingerprint density at radius 1 is 1.03 bits per heavy atom. The zero-order valence-corrected chi connectivity index (χ0v) is 22.4. The quantitative estimate of drug-likeness (QED) is 0.433. The normalized spacial score (nSPS) is 23.6. The second-order valence-electron chi connectivity index (χ2n) is 10.3. The van der Waals surface area contributed by atoms with Gasteiger partial charge in [-0.15, -0.1) is 0 Å². The fourth-order valence-electron chi connectivity index (χ4n) is 6.13. The fourth-order valence-corrected chi connectivity index (χ4v) is 6.68. The van der Waals surface area contributed by atoms with Crippen LogP contribution in [0.4, 0.5) is 0 Å². The summed E-state index contributed by atoms with van der Waals surface area (Å²) in [4.78, 5) is 27.6. The second kappa shape index (κ2) is 10.0. The number of rotatable bonds is 4. The Kier molecular flexibility index (Phi) is 6.57. The number of allylic oxidation sites excluding steroid dienone is 3. The molecule has 0 radical (unpaired) electrons. The van der Waals surface area contributed by atoms with Gasteiger partial charge in [-0.25, -0.2) is 4.79 Å². The molecule has 7 heteroatoms. The van der Waals surface area contributed by atoms with Crippen LogP contribution in [0.2, 0.25) is 0 Å². The molecule has 4 aliphatic rings. The van der Waals surface area contributed by atoms with Crippen LogP contribution >= 0.6 is 15.9 Å². The summed E-state index contributed by atoms with van der Waals surface area (Å²) in [6.45, 7) is 2.06.